The second-order valence-electron chi connectivity index (χ2n) is 7.41. The summed E-state index contributed by atoms with van der Waals surface area (Å²) in [4.78, 5) is 26.1. The monoisotopic (exact) mass is 381 g/mol. The number of aliphatic hydroxyl groups is 1. The first kappa shape index (κ1) is 18.5. The Bertz CT molecular complexity index is 866. The van der Waals surface area contributed by atoms with Gasteiger partial charge in [0, 0.05) is 19.0 Å². The molecule has 2 aliphatic rings. The molecule has 0 aromatic heterocycles. The quantitative estimate of drug-likeness (QED) is 0.825. The molecule has 1 aliphatic carbocycles. The zero-order valence-corrected chi connectivity index (χ0v) is 15.8. The Morgan fingerprint density at radius 3 is 2.29 bits per heavy atom. The maximum atomic E-state index is 12.6. The van der Waals surface area contributed by atoms with Crippen LogP contribution >= 0.6 is 0 Å². The van der Waals surface area contributed by atoms with E-state index in [-0.39, 0.29) is 25.7 Å². The molecule has 1 unspecified atom stereocenters. The smallest absolute Gasteiger partial charge is 0.409 e. The maximum Gasteiger partial charge on any atom is 0.409 e. The van der Waals surface area contributed by atoms with Gasteiger partial charge >= 0.3 is 12.1 Å². The zero-order valence-electron chi connectivity index (χ0n) is 15.8. The van der Waals surface area contributed by atoms with Gasteiger partial charge in [-0.05, 0) is 28.7 Å². The second kappa shape index (κ2) is 7.28. The Balaban J connectivity index is 1.47. The molecule has 6 heteroatoms. The fourth-order valence-electron chi connectivity index (χ4n) is 4.29. The number of ether oxygens (including phenoxy) is 2. The summed E-state index contributed by atoms with van der Waals surface area (Å²) in [6.07, 6.45) is -0.110. The summed E-state index contributed by atoms with van der Waals surface area (Å²) in [6.45, 7) is 0.333. The number of esters is 1. The van der Waals surface area contributed by atoms with Gasteiger partial charge in [0.05, 0.1) is 13.7 Å². The van der Waals surface area contributed by atoms with Crippen molar-refractivity contribution < 1.29 is 24.2 Å². The van der Waals surface area contributed by atoms with E-state index in [4.69, 9.17) is 9.47 Å². The standard InChI is InChI=1S/C22H23NO5/c1-27-20(25)22(14-24)10-11-23(13-22)21(26)28-12-19-17-8-4-2-6-15(17)16-7-3-5-9-18(16)19/h2-9,19,24H,10-14H2,1H3. The van der Waals surface area contributed by atoms with Crippen LogP contribution in [0, 0.1) is 5.41 Å². The highest BCUT2D eigenvalue weighted by atomic mass is 16.6. The van der Waals surface area contributed by atoms with Gasteiger partial charge in [-0.15, -0.1) is 0 Å². The number of fused-ring (bicyclic) bond motifs is 3. The molecular weight excluding hydrogens is 358 g/mol. The molecule has 1 aliphatic heterocycles. The van der Waals surface area contributed by atoms with Crippen LogP contribution < -0.4 is 0 Å². The third kappa shape index (κ3) is 2.94. The molecule has 0 saturated carbocycles. The lowest BCUT2D eigenvalue weighted by atomic mass is 9.88. The highest BCUT2D eigenvalue weighted by Gasteiger charge is 2.47. The number of rotatable bonds is 4. The molecule has 28 heavy (non-hydrogen) atoms. The Kier molecular flexibility index (Phi) is 4.81. The average Bonchev–Trinajstić information content (AvgIpc) is 3.32. The summed E-state index contributed by atoms with van der Waals surface area (Å²) in [5.74, 6) is -0.508. The first-order chi connectivity index (χ1) is 13.6. The largest absolute Gasteiger partial charge is 0.468 e. The van der Waals surface area contributed by atoms with Gasteiger partial charge < -0.3 is 19.5 Å². The third-order valence-electron chi connectivity index (χ3n) is 5.87. The molecule has 146 valence electrons. The number of hydrogen-bond donors (Lipinski definition) is 1. The lowest BCUT2D eigenvalue weighted by Crippen LogP contribution is -2.40. The van der Waals surface area contributed by atoms with E-state index in [1.807, 2.05) is 24.3 Å². The molecule has 2 aromatic carbocycles. The van der Waals surface area contributed by atoms with Gasteiger partial charge in [0.1, 0.15) is 12.0 Å². The van der Waals surface area contributed by atoms with Crippen LogP contribution in [-0.2, 0) is 14.3 Å². The van der Waals surface area contributed by atoms with E-state index in [1.165, 1.54) is 23.1 Å². The fraction of sp³-hybridized carbons (Fsp3) is 0.364. The number of hydrogen-bond acceptors (Lipinski definition) is 5. The Hall–Kier alpha value is -2.86. The molecule has 0 radical (unpaired) electrons. The van der Waals surface area contributed by atoms with Crippen molar-refractivity contribution in [2.75, 3.05) is 33.4 Å². The van der Waals surface area contributed by atoms with Gasteiger partial charge in [-0.2, -0.15) is 0 Å². The molecule has 0 spiro atoms. The number of benzene rings is 2. The summed E-state index contributed by atoms with van der Waals surface area (Å²) >= 11 is 0. The van der Waals surface area contributed by atoms with Crippen LogP contribution in [0.25, 0.3) is 11.1 Å². The van der Waals surface area contributed by atoms with Crippen molar-refractivity contribution in [3.05, 3.63) is 59.7 Å². The first-order valence-corrected chi connectivity index (χ1v) is 9.39. The second-order valence-corrected chi connectivity index (χ2v) is 7.41. The third-order valence-corrected chi connectivity index (χ3v) is 5.87. The highest BCUT2D eigenvalue weighted by Crippen LogP contribution is 2.44. The van der Waals surface area contributed by atoms with Crippen molar-refractivity contribution >= 4 is 12.1 Å². The van der Waals surface area contributed by atoms with E-state index < -0.39 is 17.5 Å². The topological polar surface area (TPSA) is 76.1 Å². The van der Waals surface area contributed by atoms with E-state index in [1.54, 1.807) is 0 Å². The minimum absolute atomic E-state index is 0.0119. The van der Waals surface area contributed by atoms with Gasteiger partial charge in [-0.3, -0.25) is 4.79 Å². The summed E-state index contributed by atoms with van der Waals surface area (Å²) in [6, 6.07) is 16.3. The first-order valence-electron chi connectivity index (χ1n) is 9.39. The Morgan fingerprint density at radius 2 is 1.71 bits per heavy atom. The lowest BCUT2D eigenvalue weighted by Gasteiger charge is -2.24. The summed E-state index contributed by atoms with van der Waals surface area (Å²) in [5, 5.41) is 9.66. The molecule has 6 nitrogen and oxygen atoms in total. The molecule has 1 atom stereocenters. The van der Waals surface area contributed by atoms with Crippen molar-refractivity contribution in [3.63, 3.8) is 0 Å². The number of methoxy groups -OCH3 is 1. The predicted octanol–water partition coefficient (Wildman–Crippen LogP) is 2.79. The molecule has 1 heterocycles. The minimum atomic E-state index is -1.06. The molecular formula is C22H23NO5. The van der Waals surface area contributed by atoms with Crippen molar-refractivity contribution in [2.45, 2.75) is 12.3 Å². The van der Waals surface area contributed by atoms with Crippen LogP contribution in [0.1, 0.15) is 23.5 Å². The van der Waals surface area contributed by atoms with Gasteiger partial charge in [-0.1, -0.05) is 48.5 Å². The van der Waals surface area contributed by atoms with Gasteiger partial charge in [-0.25, -0.2) is 4.79 Å². The molecule has 4 rings (SSSR count). The number of aliphatic hydroxyl groups excluding tert-OH is 1. The van der Waals surface area contributed by atoms with E-state index in [2.05, 4.69) is 24.3 Å². The summed E-state index contributed by atoms with van der Waals surface area (Å²) in [7, 11) is 1.29. The number of carbonyl (C=O) groups excluding carboxylic acids is 2. The van der Waals surface area contributed by atoms with E-state index in [0.29, 0.717) is 13.0 Å². The molecule has 0 bridgehead atoms. The van der Waals surface area contributed by atoms with Crippen molar-refractivity contribution in [3.8, 4) is 11.1 Å². The number of nitrogens with zero attached hydrogens (tertiary/aromatic N) is 1. The predicted molar refractivity (Wildman–Crippen MR) is 103 cm³/mol. The number of carbonyl (C=O) groups is 2. The van der Waals surface area contributed by atoms with Crippen LogP contribution in [-0.4, -0.2) is 55.5 Å². The van der Waals surface area contributed by atoms with Crippen LogP contribution in [0.2, 0.25) is 0 Å². The van der Waals surface area contributed by atoms with E-state index >= 15 is 0 Å². The van der Waals surface area contributed by atoms with Gasteiger partial charge in [0.25, 0.3) is 0 Å². The number of amides is 1. The van der Waals surface area contributed by atoms with Crippen molar-refractivity contribution in [1.82, 2.24) is 4.90 Å². The van der Waals surface area contributed by atoms with Crippen molar-refractivity contribution in [2.24, 2.45) is 5.41 Å². The van der Waals surface area contributed by atoms with Gasteiger partial charge in [0.15, 0.2) is 0 Å². The van der Waals surface area contributed by atoms with Crippen LogP contribution in [0.3, 0.4) is 0 Å². The van der Waals surface area contributed by atoms with Crippen molar-refractivity contribution in [1.29, 1.82) is 0 Å². The molecule has 1 amide bonds. The molecule has 1 N–H and O–H groups in total. The lowest BCUT2D eigenvalue weighted by molar-refractivity contribution is -0.154. The minimum Gasteiger partial charge on any atom is -0.468 e. The highest BCUT2D eigenvalue weighted by molar-refractivity contribution is 5.80. The fourth-order valence-corrected chi connectivity index (χ4v) is 4.29. The molecule has 2 aromatic rings. The average molecular weight is 381 g/mol. The Labute approximate surface area is 163 Å². The molecule has 1 fully saturated rings. The maximum absolute atomic E-state index is 12.6. The normalized spacial score (nSPS) is 20.6. The number of likely N-dealkylation sites (tertiary alicyclic amines) is 1. The Morgan fingerprint density at radius 1 is 1.11 bits per heavy atom. The van der Waals surface area contributed by atoms with Crippen LogP contribution in [0.15, 0.2) is 48.5 Å². The van der Waals surface area contributed by atoms with Gasteiger partial charge in [0.2, 0.25) is 0 Å². The molecule has 1 saturated heterocycles. The zero-order chi connectivity index (χ0) is 19.7. The van der Waals surface area contributed by atoms with Crippen LogP contribution in [0.4, 0.5) is 4.79 Å². The summed E-state index contributed by atoms with van der Waals surface area (Å²) in [5.41, 5.74) is 3.59. The SMILES string of the molecule is COC(=O)C1(CO)CCN(C(=O)OCC2c3ccccc3-c3ccccc32)C1. The van der Waals surface area contributed by atoms with E-state index in [9.17, 15) is 14.7 Å². The van der Waals surface area contributed by atoms with E-state index in [0.717, 1.165) is 11.1 Å². The van der Waals surface area contributed by atoms with Crippen LogP contribution in [0.5, 0.6) is 0 Å². The summed E-state index contributed by atoms with van der Waals surface area (Å²) < 4.78 is 10.4.